The summed E-state index contributed by atoms with van der Waals surface area (Å²) in [5.41, 5.74) is 1.22. The third-order valence-corrected chi connectivity index (χ3v) is 3.56. The first kappa shape index (κ1) is 18.4. The molecule has 0 aliphatic heterocycles. The van der Waals surface area contributed by atoms with Gasteiger partial charge >= 0.3 is 0 Å². The first-order valence-electron chi connectivity index (χ1n) is 7.55. The number of benzene rings is 2. The van der Waals surface area contributed by atoms with Crippen molar-refractivity contribution < 1.29 is 14.3 Å². The van der Waals surface area contributed by atoms with Crippen LogP contribution in [0, 0.1) is 12.3 Å². The maximum absolute atomic E-state index is 12.0. The average Bonchev–Trinajstić information content (AvgIpc) is 2.61. The highest BCUT2D eigenvalue weighted by molar-refractivity contribution is 6.32. The number of hydrogen-bond donors (Lipinski definition) is 2. The summed E-state index contributed by atoms with van der Waals surface area (Å²) >= 11 is 5.98. The molecule has 2 amide bonds. The number of amides is 2. The van der Waals surface area contributed by atoms with Gasteiger partial charge in [-0.15, -0.1) is 6.42 Å². The van der Waals surface area contributed by atoms with Crippen molar-refractivity contribution in [1.82, 2.24) is 5.32 Å². The van der Waals surface area contributed by atoms with Crippen molar-refractivity contribution >= 4 is 29.1 Å². The summed E-state index contributed by atoms with van der Waals surface area (Å²) in [6.45, 7) is 1.39. The number of carbonyl (C=O) groups excluding carboxylic acids is 2. The van der Waals surface area contributed by atoms with Crippen molar-refractivity contribution in [3.63, 3.8) is 0 Å². The molecule has 0 aromatic heterocycles. The number of anilines is 1. The summed E-state index contributed by atoms with van der Waals surface area (Å²) in [6, 6.07) is 13.7. The Labute approximate surface area is 151 Å². The van der Waals surface area contributed by atoms with Crippen molar-refractivity contribution in [3.05, 3.63) is 59.1 Å². The normalized spacial score (nSPS) is 11.1. The lowest BCUT2D eigenvalue weighted by Gasteiger charge is -2.15. The van der Waals surface area contributed by atoms with Gasteiger partial charge in [-0.25, -0.2) is 0 Å². The number of hydrogen-bond acceptors (Lipinski definition) is 3. The fraction of sp³-hybridized carbons (Fsp3) is 0.158. The molecule has 25 heavy (non-hydrogen) atoms. The van der Waals surface area contributed by atoms with Gasteiger partial charge in [0.25, 0.3) is 5.91 Å². The van der Waals surface area contributed by atoms with Gasteiger partial charge in [-0.1, -0.05) is 35.7 Å². The van der Waals surface area contributed by atoms with Crippen molar-refractivity contribution in [2.45, 2.75) is 13.0 Å². The summed E-state index contributed by atoms with van der Waals surface area (Å²) in [7, 11) is 0. The van der Waals surface area contributed by atoms with E-state index in [4.69, 9.17) is 22.8 Å². The monoisotopic (exact) mass is 356 g/mol. The number of para-hydroxylation sites is 1. The molecule has 0 spiro atoms. The predicted molar refractivity (Wildman–Crippen MR) is 97.6 cm³/mol. The molecule has 0 radical (unpaired) electrons. The molecule has 0 saturated heterocycles. The number of carbonyl (C=O) groups is 2. The Hall–Kier alpha value is -2.97. The summed E-state index contributed by atoms with van der Waals surface area (Å²) in [4.78, 5) is 23.9. The van der Waals surface area contributed by atoms with E-state index < -0.39 is 12.0 Å². The lowest BCUT2D eigenvalue weighted by atomic mass is 10.2. The van der Waals surface area contributed by atoms with E-state index in [1.807, 2.05) is 0 Å². The van der Waals surface area contributed by atoms with E-state index in [2.05, 4.69) is 16.6 Å². The van der Waals surface area contributed by atoms with Gasteiger partial charge in [-0.2, -0.15) is 0 Å². The van der Waals surface area contributed by atoms with Gasteiger partial charge in [0.15, 0.2) is 6.10 Å². The summed E-state index contributed by atoms with van der Waals surface area (Å²) in [6.07, 6.45) is 4.52. The van der Waals surface area contributed by atoms with Crippen LogP contribution in [0.2, 0.25) is 5.02 Å². The van der Waals surface area contributed by atoms with Crippen LogP contribution in [0.25, 0.3) is 0 Å². The molecule has 0 aliphatic carbocycles. The van der Waals surface area contributed by atoms with Gasteiger partial charge in [0, 0.05) is 11.3 Å². The molecule has 0 fully saturated rings. The van der Waals surface area contributed by atoms with Crippen LogP contribution in [0.3, 0.4) is 0 Å². The van der Waals surface area contributed by atoms with E-state index in [0.717, 1.165) is 0 Å². The molecule has 1 atom stereocenters. The zero-order chi connectivity index (χ0) is 18.2. The van der Waals surface area contributed by atoms with E-state index in [1.54, 1.807) is 55.5 Å². The zero-order valence-electron chi connectivity index (χ0n) is 13.6. The number of nitrogens with one attached hydrogen (secondary N) is 2. The molecule has 5 nitrogen and oxygen atoms in total. The van der Waals surface area contributed by atoms with E-state index in [9.17, 15) is 9.59 Å². The van der Waals surface area contributed by atoms with Crippen LogP contribution < -0.4 is 15.4 Å². The van der Waals surface area contributed by atoms with Crippen LogP contribution in [-0.2, 0) is 9.59 Å². The van der Waals surface area contributed by atoms with Gasteiger partial charge in [0.05, 0.1) is 11.6 Å². The second-order valence-corrected chi connectivity index (χ2v) is 5.59. The standard InChI is InChI=1S/C19H17ClN2O3/c1-3-14-7-6-8-15(11-14)22-18(23)12-21-19(24)13(2)25-17-10-5-4-9-16(17)20/h1,4-11,13H,12H2,2H3,(H,21,24)(H,22,23). The quantitative estimate of drug-likeness (QED) is 0.782. The molecule has 128 valence electrons. The molecule has 2 aromatic rings. The smallest absolute Gasteiger partial charge is 0.261 e. The topological polar surface area (TPSA) is 67.4 Å². The first-order valence-corrected chi connectivity index (χ1v) is 7.93. The van der Waals surface area contributed by atoms with Crippen molar-refractivity contribution in [1.29, 1.82) is 0 Å². The largest absolute Gasteiger partial charge is 0.479 e. The molecule has 0 saturated carbocycles. The van der Waals surface area contributed by atoms with Crippen LogP contribution in [0.4, 0.5) is 5.69 Å². The van der Waals surface area contributed by atoms with E-state index in [1.165, 1.54) is 0 Å². The lowest BCUT2D eigenvalue weighted by molar-refractivity contribution is -0.129. The van der Waals surface area contributed by atoms with Crippen LogP contribution in [-0.4, -0.2) is 24.5 Å². The molecule has 1 unspecified atom stereocenters. The van der Waals surface area contributed by atoms with Crippen molar-refractivity contribution in [2.75, 3.05) is 11.9 Å². The van der Waals surface area contributed by atoms with Gasteiger partial charge in [-0.3, -0.25) is 9.59 Å². The minimum atomic E-state index is -0.794. The molecule has 2 rings (SSSR count). The molecule has 0 bridgehead atoms. The highest BCUT2D eigenvalue weighted by Crippen LogP contribution is 2.24. The molecule has 6 heteroatoms. The number of halogens is 1. The third kappa shape index (κ3) is 5.55. The molecule has 2 aromatic carbocycles. The Morgan fingerprint density at radius 3 is 2.72 bits per heavy atom. The maximum Gasteiger partial charge on any atom is 0.261 e. The van der Waals surface area contributed by atoms with Crippen LogP contribution in [0.5, 0.6) is 5.75 Å². The Bertz CT molecular complexity index is 814. The Morgan fingerprint density at radius 1 is 1.24 bits per heavy atom. The number of rotatable bonds is 6. The zero-order valence-corrected chi connectivity index (χ0v) is 14.3. The molecular formula is C19H17ClN2O3. The highest BCUT2D eigenvalue weighted by atomic mass is 35.5. The third-order valence-electron chi connectivity index (χ3n) is 3.25. The van der Waals surface area contributed by atoms with Crippen LogP contribution >= 0.6 is 11.6 Å². The Balaban J connectivity index is 1.83. The van der Waals surface area contributed by atoms with Gasteiger partial charge < -0.3 is 15.4 Å². The lowest BCUT2D eigenvalue weighted by Crippen LogP contribution is -2.40. The van der Waals surface area contributed by atoms with Crippen molar-refractivity contribution in [3.8, 4) is 18.1 Å². The first-order chi connectivity index (χ1) is 12.0. The molecule has 0 heterocycles. The predicted octanol–water partition coefficient (Wildman–Crippen LogP) is 2.84. The van der Waals surface area contributed by atoms with Crippen molar-refractivity contribution in [2.24, 2.45) is 0 Å². The minimum absolute atomic E-state index is 0.185. The second-order valence-electron chi connectivity index (χ2n) is 5.18. The Morgan fingerprint density at radius 2 is 2.00 bits per heavy atom. The molecule has 0 aliphatic rings. The summed E-state index contributed by atoms with van der Waals surface area (Å²) < 4.78 is 5.49. The minimum Gasteiger partial charge on any atom is -0.479 e. The summed E-state index contributed by atoms with van der Waals surface area (Å²) in [5.74, 6) is 2.10. The SMILES string of the molecule is C#Cc1cccc(NC(=O)CNC(=O)C(C)Oc2ccccc2Cl)c1. The van der Waals surface area contributed by atoms with E-state index >= 15 is 0 Å². The molecule has 2 N–H and O–H groups in total. The average molecular weight is 357 g/mol. The fourth-order valence-electron chi connectivity index (χ4n) is 1.99. The summed E-state index contributed by atoms with van der Waals surface area (Å²) in [5, 5.41) is 5.58. The maximum atomic E-state index is 12.0. The van der Waals surface area contributed by atoms with E-state index in [0.29, 0.717) is 22.0 Å². The Kier molecular flexibility index (Phi) is 6.44. The highest BCUT2D eigenvalue weighted by Gasteiger charge is 2.16. The van der Waals surface area contributed by atoms with Crippen LogP contribution in [0.1, 0.15) is 12.5 Å². The number of terminal acetylenes is 1. The van der Waals surface area contributed by atoms with Gasteiger partial charge in [0.1, 0.15) is 5.75 Å². The van der Waals surface area contributed by atoms with Gasteiger partial charge in [-0.05, 0) is 37.3 Å². The van der Waals surface area contributed by atoms with Gasteiger partial charge in [0.2, 0.25) is 5.91 Å². The fourth-order valence-corrected chi connectivity index (χ4v) is 2.17. The van der Waals surface area contributed by atoms with Crippen LogP contribution in [0.15, 0.2) is 48.5 Å². The number of ether oxygens (including phenoxy) is 1. The second kappa shape index (κ2) is 8.76. The van der Waals surface area contributed by atoms with E-state index in [-0.39, 0.29) is 12.5 Å². The molecular weight excluding hydrogens is 340 g/mol.